The van der Waals surface area contributed by atoms with E-state index < -0.39 is 18.8 Å². The van der Waals surface area contributed by atoms with Crippen LogP contribution in [-0.4, -0.2) is 12.3 Å². The van der Waals surface area contributed by atoms with Crippen LogP contribution in [0.5, 0.6) is 0 Å². The van der Waals surface area contributed by atoms with Gasteiger partial charge < -0.3 is 0 Å². The van der Waals surface area contributed by atoms with Gasteiger partial charge in [0.1, 0.15) is 0 Å². The largest absolute Gasteiger partial charge is 0.419 e. The molecule has 0 radical (unpaired) electrons. The summed E-state index contributed by atoms with van der Waals surface area (Å²) in [4.78, 5) is 0. The molecule has 0 spiro atoms. The SMILES string of the molecule is FC(Cc1cccc(Br)c1)C(F)(F)F. The van der Waals surface area contributed by atoms with Crippen LogP contribution in [0.4, 0.5) is 17.6 Å². The van der Waals surface area contributed by atoms with Gasteiger partial charge in [-0.1, -0.05) is 28.1 Å². The Balaban J connectivity index is 2.70. The van der Waals surface area contributed by atoms with E-state index in [-0.39, 0.29) is 0 Å². The number of alkyl halides is 4. The van der Waals surface area contributed by atoms with Crippen LogP contribution in [0.2, 0.25) is 0 Å². The van der Waals surface area contributed by atoms with E-state index >= 15 is 0 Å². The van der Waals surface area contributed by atoms with Crippen molar-refractivity contribution in [2.24, 2.45) is 0 Å². The first-order valence-electron chi connectivity index (χ1n) is 3.85. The van der Waals surface area contributed by atoms with Crippen molar-refractivity contribution in [1.29, 1.82) is 0 Å². The first-order chi connectivity index (χ1) is 6.39. The van der Waals surface area contributed by atoms with Crippen LogP contribution in [0.25, 0.3) is 0 Å². The normalized spacial score (nSPS) is 14.1. The fourth-order valence-electron chi connectivity index (χ4n) is 0.987. The Labute approximate surface area is 87.1 Å². The molecule has 1 rings (SSSR count). The first kappa shape index (κ1) is 11.5. The van der Waals surface area contributed by atoms with E-state index in [0.717, 1.165) is 0 Å². The topological polar surface area (TPSA) is 0 Å². The molecule has 14 heavy (non-hydrogen) atoms. The Kier molecular flexibility index (Phi) is 3.53. The predicted octanol–water partition coefficient (Wildman–Crippen LogP) is 3.89. The summed E-state index contributed by atoms with van der Waals surface area (Å²) in [5.74, 6) is 0. The van der Waals surface area contributed by atoms with Gasteiger partial charge in [0, 0.05) is 10.9 Å². The average Bonchev–Trinajstić information content (AvgIpc) is 2.02. The summed E-state index contributed by atoms with van der Waals surface area (Å²) in [5, 5.41) is 0. The Morgan fingerprint density at radius 3 is 2.43 bits per heavy atom. The van der Waals surface area contributed by atoms with Gasteiger partial charge >= 0.3 is 6.18 Å². The minimum atomic E-state index is -4.78. The molecule has 0 aliphatic carbocycles. The third-order valence-electron chi connectivity index (χ3n) is 1.66. The lowest BCUT2D eigenvalue weighted by Gasteiger charge is -2.11. The van der Waals surface area contributed by atoms with Gasteiger partial charge in [0.05, 0.1) is 0 Å². The van der Waals surface area contributed by atoms with Crippen molar-refractivity contribution in [3.63, 3.8) is 0 Å². The molecule has 0 bridgehead atoms. The molecule has 0 aliphatic heterocycles. The lowest BCUT2D eigenvalue weighted by atomic mass is 10.1. The summed E-state index contributed by atoms with van der Waals surface area (Å²) in [6, 6.07) is 6.17. The zero-order valence-corrected chi connectivity index (χ0v) is 8.57. The standard InChI is InChI=1S/C9H7BrF4/c10-7-3-1-2-6(4-7)5-8(11)9(12,13)14/h1-4,8H,5H2. The van der Waals surface area contributed by atoms with E-state index in [0.29, 0.717) is 10.0 Å². The molecule has 78 valence electrons. The second-order valence-corrected chi connectivity index (χ2v) is 3.76. The molecule has 0 fully saturated rings. The number of halogens is 5. The van der Waals surface area contributed by atoms with Crippen molar-refractivity contribution in [1.82, 2.24) is 0 Å². The zero-order chi connectivity index (χ0) is 10.8. The molecule has 0 aromatic heterocycles. The molecule has 5 heteroatoms. The fourth-order valence-corrected chi connectivity index (χ4v) is 1.43. The molecule has 0 nitrogen and oxygen atoms in total. The van der Waals surface area contributed by atoms with Crippen LogP contribution >= 0.6 is 15.9 Å². The minimum absolute atomic E-state index is 0.323. The summed E-state index contributed by atoms with van der Waals surface area (Å²) >= 11 is 3.10. The third kappa shape index (κ3) is 3.29. The monoisotopic (exact) mass is 270 g/mol. The van der Waals surface area contributed by atoms with Crippen molar-refractivity contribution in [3.05, 3.63) is 34.3 Å². The van der Waals surface area contributed by atoms with Gasteiger partial charge in [0.15, 0.2) is 6.17 Å². The Bertz CT molecular complexity index is 308. The van der Waals surface area contributed by atoms with Gasteiger partial charge in [-0.25, -0.2) is 4.39 Å². The molecule has 0 saturated carbocycles. The van der Waals surface area contributed by atoms with Gasteiger partial charge in [-0.3, -0.25) is 0 Å². The van der Waals surface area contributed by atoms with Crippen LogP contribution in [0.1, 0.15) is 5.56 Å². The third-order valence-corrected chi connectivity index (χ3v) is 2.15. The Hall–Kier alpha value is -0.580. The van der Waals surface area contributed by atoms with Crippen LogP contribution in [0.15, 0.2) is 28.7 Å². The summed E-state index contributed by atoms with van der Waals surface area (Å²) in [5.41, 5.74) is 0.323. The lowest BCUT2D eigenvalue weighted by molar-refractivity contribution is -0.179. The number of rotatable bonds is 2. The highest BCUT2D eigenvalue weighted by Crippen LogP contribution is 2.26. The molecule has 0 heterocycles. The first-order valence-corrected chi connectivity index (χ1v) is 4.64. The van der Waals surface area contributed by atoms with Crippen LogP contribution < -0.4 is 0 Å². The Morgan fingerprint density at radius 2 is 1.93 bits per heavy atom. The Morgan fingerprint density at radius 1 is 1.29 bits per heavy atom. The van der Waals surface area contributed by atoms with Gasteiger partial charge in [-0.15, -0.1) is 0 Å². The summed E-state index contributed by atoms with van der Waals surface area (Å²) < 4.78 is 48.8. The maximum absolute atomic E-state index is 12.6. The van der Waals surface area contributed by atoms with Crippen LogP contribution in [-0.2, 0) is 6.42 Å². The number of hydrogen-bond donors (Lipinski definition) is 0. The summed E-state index contributed by atoms with van der Waals surface area (Å²) in [6.07, 6.45) is -8.21. The lowest BCUT2D eigenvalue weighted by Crippen LogP contribution is -2.26. The zero-order valence-electron chi connectivity index (χ0n) is 6.98. The summed E-state index contributed by atoms with van der Waals surface area (Å²) in [7, 11) is 0. The molecular formula is C9H7BrF4. The molecule has 1 unspecified atom stereocenters. The van der Waals surface area contributed by atoms with Gasteiger partial charge in [-0.05, 0) is 17.7 Å². The molecule has 1 aromatic carbocycles. The molecule has 0 amide bonds. The van der Waals surface area contributed by atoms with E-state index in [4.69, 9.17) is 0 Å². The predicted molar refractivity (Wildman–Crippen MR) is 48.8 cm³/mol. The van der Waals surface area contributed by atoms with Crippen LogP contribution in [0, 0.1) is 0 Å². The maximum Gasteiger partial charge on any atom is 0.419 e. The van der Waals surface area contributed by atoms with Crippen molar-refractivity contribution in [2.45, 2.75) is 18.8 Å². The molecular weight excluding hydrogens is 264 g/mol. The van der Waals surface area contributed by atoms with Crippen LogP contribution in [0.3, 0.4) is 0 Å². The highest BCUT2D eigenvalue weighted by atomic mass is 79.9. The minimum Gasteiger partial charge on any atom is -0.237 e. The summed E-state index contributed by atoms with van der Waals surface area (Å²) in [6.45, 7) is 0. The van der Waals surface area contributed by atoms with Crippen molar-refractivity contribution in [2.75, 3.05) is 0 Å². The quantitative estimate of drug-likeness (QED) is 0.716. The molecule has 0 saturated heterocycles. The molecule has 1 atom stereocenters. The van der Waals surface area contributed by atoms with Crippen molar-refractivity contribution < 1.29 is 17.6 Å². The van der Waals surface area contributed by atoms with E-state index in [1.54, 1.807) is 12.1 Å². The fraction of sp³-hybridized carbons (Fsp3) is 0.333. The van der Waals surface area contributed by atoms with E-state index in [2.05, 4.69) is 15.9 Å². The second-order valence-electron chi connectivity index (χ2n) is 2.84. The average molecular weight is 271 g/mol. The van der Waals surface area contributed by atoms with Gasteiger partial charge in [-0.2, -0.15) is 13.2 Å². The van der Waals surface area contributed by atoms with Crippen molar-refractivity contribution in [3.8, 4) is 0 Å². The van der Waals surface area contributed by atoms with Crippen molar-refractivity contribution >= 4 is 15.9 Å². The van der Waals surface area contributed by atoms with E-state index in [1.807, 2.05) is 0 Å². The number of benzene rings is 1. The molecule has 0 aliphatic rings. The van der Waals surface area contributed by atoms with E-state index in [9.17, 15) is 17.6 Å². The van der Waals surface area contributed by atoms with E-state index in [1.165, 1.54) is 12.1 Å². The molecule has 0 N–H and O–H groups in total. The second kappa shape index (κ2) is 4.29. The van der Waals surface area contributed by atoms with Gasteiger partial charge in [0.2, 0.25) is 0 Å². The maximum atomic E-state index is 12.6. The highest BCUT2D eigenvalue weighted by molar-refractivity contribution is 9.10. The van der Waals surface area contributed by atoms with Gasteiger partial charge in [0.25, 0.3) is 0 Å². The molecule has 1 aromatic rings. The highest BCUT2D eigenvalue weighted by Gasteiger charge is 2.39. The smallest absolute Gasteiger partial charge is 0.237 e. The number of hydrogen-bond acceptors (Lipinski definition) is 0.